The van der Waals surface area contributed by atoms with Crippen LogP contribution in [0, 0.1) is 19.8 Å². The molecule has 0 N–H and O–H groups in total. The number of benzene rings is 8. The van der Waals surface area contributed by atoms with E-state index in [9.17, 15) is 0 Å². The second-order valence-corrected chi connectivity index (χ2v) is 20.4. The van der Waals surface area contributed by atoms with E-state index in [2.05, 4.69) is 314 Å². The highest BCUT2D eigenvalue weighted by molar-refractivity contribution is 5.89. The lowest BCUT2D eigenvalue weighted by atomic mass is 9.50. The first-order valence-electron chi connectivity index (χ1n) is 29.6. The summed E-state index contributed by atoms with van der Waals surface area (Å²) in [5.74, 6) is 0.144. The summed E-state index contributed by atoms with van der Waals surface area (Å²) in [5.41, 5.74) is 23.2. The smallest absolute Gasteiger partial charge is 0.0707 e. The largest absolute Gasteiger partial charge is 0.311 e. The van der Waals surface area contributed by atoms with Crippen LogP contribution < -0.4 is 4.90 Å². The molecule has 8 aromatic rings. The van der Waals surface area contributed by atoms with Gasteiger partial charge in [0.05, 0.1) is 10.8 Å². The third kappa shape index (κ3) is 10.8. The van der Waals surface area contributed by atoms with Gasteiger partial charge in [-0.05, 0) is 166 Å². The van der Waals surface area contributed by atoms with Crippen molar-refractivity contribution in [1.82, 2.24) is 0 Å². The van der Waals surface area contributed by atoms with Crippen molar-refractivity contribution in [2.75, 3.05) is 4.90 Å². The lowest BCUT2D eigenvalue weighted by Gasteiger charge is -2.51. The molecule has 3 aliphatic rings. The van der Waals surface area contributed by atoms with Gasteiger partial charge in [-0.3, -0.25) is 0 Å². The Kier molecular flexibility index (Phi) is 19.6. The van der Waals surface area contributed by atoms with E-state index >= 15 is 0 Å². The van der Waals surface area contributed by atoms with Gasteiger partial charge in [-0.1, -0.05) is 279 Å². The first-order valence-corrected chi connectivity index (χ1v) is 29.6. The zero-order chi connectivity index (χ0) is 56.7. The van der Waals surface area contributed by atoms with Gasteiger partial charge < -0.3 is 4.90 Å². The highest BCUT2D eigenvalue weighted by Crippen LogP contribution is 2.66. The predicted molar refractivity (Wildman–Crippen MR) is 349 cm³/mol. The van der Waals surface area contributed by atoms with Crippen LogP contribution in [0.4, 0.5) is 5.69 Å². The van der Waals surface area contributed by atoms with Crippen LogP contribution in [-0.2, 0) is 10.8 Å². The van der Waals surface area contributed by atoms with Crippen molar-refractivity contribution in [2.24, 2.45) is 5.92 Å². The molecule has 0 saturated heterocycles. The zero-order valence-electron chi connectivity index (χ0n) is 49.5. The van der Waals surface area contributed by atoms with Gasteiger partial charge in [0.2, 0.25) is 0 Å². The van der Waals surface area contributed by atoms with Crippen LogP contribution in [0.25, 0.3) is 28.3 Å². The van der Waals surface area contributed by atoms with Crippen molar-refractivity contribution < 1.29 is 0 Å². The summed E-state index contributed by atoms with van der Waals surface area (Å²) in [6, 6.07) is 75.2. The number of hydrogen-bond donors (Lipinski definition) is 0. The van der Waals surface area contributed by atoms with Gasteiger partial charge in [0.25, 0.3) is 0 Å². The number of rotatable bonds is 12. The molecule has 0 saturated carbocycles. The molecule has 0 bridgehead atoms. The molecule has 0 radical (unpaired) electrons. The second-order valence-electron chi connectivity index (χ2n) is 20.4. The molecule has 0 heterocycles. The Morgan fingerprint density at radius 1 is 0.537 bits per heavy atom. The number of hydrogen-bond acceptors (Lipinski definition) is 1. The summed E-state index contributed by atoms with van der Waals surface area (Å²) in [7, 11) is 0. The SMILES string of the molecule is C/C=C\C(=C/CC)c1ccc(N(C2=CCC3C(=C2)c2ccccc2C32c3ccccc3C(c3ccccc3)(c3ccccc3)c3ccccc32)C(/C=C\C)=C/C=C/c2ccc(C)c(-c3ccccc3C)c2)cc1.CC.CC.CCC. The molecule has 8 aromatic carbocycles. The van der Waals surface area contributed by atoms with Crippen molar-refractivity contribution in [2.45, 2.75) is 106 Å². The van der Waals surface area contributed by atoms with Gasteiger partial charge >= 0.3 is 0 Å². The third-order valence-electron chi connectivity index (χ3n) is 15.7. The number of nitrogens with zero attached hydrogens (tertiary/aromatic N) is 1. The quantitative estimate of drug-likeness (QED) is 0.110. The summed E-state index contributed by atoms with van der Waals surface area (Å²) in [4.78, 5) is 2.47. The molecule has 1 heteroatoms. The molecule has 0 fully saturated rings. The Balaban J connectivity index is 0.00000115. The van der Waals surface area contributed by atoms with Crippen LogP contribution in [-0.4, -0.2) is 0 Å². The molecule has 1 nitrogen and oxygen atoms in total. The monoisotopic (exact) mass is 1050 g/mol. The highest BCUT2D eigenvalue weighted by atomic mass is 15.2. The minimum absolute atomic E-state index is 0.144. The second kappa shape index (κ2) is 27.1. The number of aryl methyl sites for hydroxylation is 2. The number of anilines is 1. The molecule has 1 spiro atoms. The molecule has 0 aliphatic heterocycles. The minimum Gasteiger partial charge on any atom is -0.311 e. The van der Waals surface area contributed by atoms with E-state index in [1.807, 2.05) is 27.7 Å². The highest BCUT2D eigenvalue weighted by Gasteiger charge is 2.59. The Labute approximate surface area is 481 Å². The van der Waals surface area contributed by atoms with E-state index in [0.29, 0.717) is 0 Å². The van der Waals surface area contributed by atoms with E-state index in [1.165, 1.54) is 101 Å². The van der Waals surface area contributed by atoms with Crippen LogP contribution in [0.3, 0.4) is 0 Å². The molecule has 0 aromatic heterocycles. The molecule has 1 unspecified atom stereocenters. The Morgan fingerprint density at radius 3 is 1.61 bits per heavy atom. The Morgan fingerprint density at radius 2 is 1.05 bits per heavy atom. The normalized spacial score (nSPS) is 15.5. The summed E-state index contributed by atoms with van der Waals surface area (Å²) in [6.07, 6.45) is 25.9. The third-order valence-corrected chi connectivity index (χ3v) is 15.7. The van der Waals surface area contributed by atoms with Gasteiger partial charge in [-0.2, -0.15) is 0 Å². The summed E-state index contributed by atoms with van der Waals surface area (Å²) in [5, 5.41) is 0. The van der Waals surface area contributed by atoms with E-state index in [4.69, 9.17) is 0 Å². The topological polar surface area (TPSA) is 3.24 Å². The number of fused-ring (bicyclic) bond motifs is 9. The van der Waals surface area contributed by atoms with E-state index < -0.39 is 10.8 Å². The molecule has 1 atom stereocenters. The van der Waals surface area contributed by atoms with Crippen LogP contribution in [0.1, 0.15) is 148 Å². The number of allylic oxidation sites excluding steroid dienone is 11. The molecule has 80 heavy (non-hydrogen) atoms. The average Bonchev–Trinajstić information content (AvgIpc) is 3.98. The van der Waals surface area contributed by atoms with Gasteiger partial charge in [-0.15, -0.1) is 0 Å². The lowest BCUT2D eigenvalue weighted by Crippen LogP contribution is -2.47. The van der Waals surface area contributed by atoms with Crippen molar-refractivity contribution in [3.8, 4) is 11.1 Å². The first-order chi connectivity index (χ1) is 39.3. The van der Waals surface area contributed by atoms with Gasteiger partial charge in [0.15, 0.2) is 0 Å². The summed E-state index contributed by atoms with van der Waals surface area (Å²) < 4.78 is 0. The molecular weight excluding hydrogens is 963 g/mol. The fourth-order valence-electron chi connectivity index (χ4n) is 12.7. The maximum Gasteiger partial charge on any atom is 0.0707 e. The fraction of sp³-hybridized carbons (Fsp3) is 0.215. The average molecular weight is 1050 g/mol. The molecule has 11 rings (SSSR count). The Hall–Kier alpha value is -8.26. The van der Waals surface area contributed by atoms with Gasteiger partial charge in [0.1, 0.15) is 0 Å². The van der Waals surface area contributed by atoms with Crippen LogP contribution in [0.15, 0.2) is 266 Å². The van der Waals surface area contributed by atoms with E-state index in [-0.39, 0.29) is 5.92 Å². The Bertz CT molecular complexity index is 3480. The van der Waals surface area contributed by atoms with Crippen molar-refractivity contribution in [1.29, 1.82) is 0 Å². The molecule has 0 amide bonds. The standard InChI is InChI=1S/C72H63N.C3H8.2C2H6/c1-6-24-54(25-7-2)55-43-45-59(46-44-55)73(58(26-8-3)33-23-28-53-42-41-52(5)63(49-53)61-34-16-15-27-51(61)4)60-47-48-66-64(50-60)62-35-17-18-36-65(62)72(66)69-39-21-19-37-67(69)71(56-29-11-9-12-30-56,57-31-13-10-14-32-57)68-38-20-22-40-70(68)72;1-3-2;2*1-2/h6,8-47,49-50,66H,7,48H2,1-5H3;3H2,1-2H3;2*1-2H3/b24-6-,26-8-,28-23+,54-25+,58-33+;;;. The fourth-order valence-corrected chi connectivity index (χ4v) is 12.7. The zero-order valence-corrected chi connectivity index (χ0v) is 49.5. The van der Waals surface area contributed by atoms with Crippen LogP contribution >= 0.6 is 0 Å². The summed E-state index contributed by atoms with van der Waals surface area (Å²) in [6.45, 7) is 23.1. The molecule has 3 aliphatic carbocycles. The maximum absolute atomic E-state index is 2.52. The van der Waals surface area contributed by atoms with Crippen molar-refractivity contribution >= 4 is 22.9 Å². The summed E-state index contributed by atoms with van der Waals surface area (Å²) >= 11 is 0. The van der Waals surface area contributed by atoms with Gasteiger partial charge in [-0.25, -0.2) is 0 Å². The maximum atomic E-state index is 2.52. The van der Waals surface area contributed by atoms with Crippen molar-refractivity contribution in [3.63, 3.8) is 0 Å². The van der Waals surface area contributed by atoms with Crippen LogP contribution in [0.5, 0.6) is 0 Å². The van der Waals surface area contributed by atoms with Gasteiger partial charge in [0, 0.05) is 23.0 Å². The van der Waals surface area contributed by atoms with E-state index in [1.54, 1.807) is 0 Å². The van der Waals surface area contributed by atoms with Crippen LogP contribution in [0.2, 0.25) is 0 Å². The van der Waals surface area contributed by atoms with Crippen molar-refractivity contribution in [3.05, 3.63) is 333 Å². The lowest BCUT2D eigenvalue weighted by molar-refractivity contribution is 0.451. The predicted octanol–water partition coefficient (Wildman–Crippen LogP) is 21.8. The molecular formula is C79H83N. The first kappa shape index (κ1) is 57.9. The van der Waals surface area contributed by atoms with E-state index in [0.717, 1.165) is 24.2 Å². The molecule has 404 valence electrons. The minimum atomic E-state index is -0.527.